The van der Waals surface area contributed by atoms with Gasteiger partial charge in [-0.25, -0.2) is 0 Å². The van der Waals surface area contributed by atoms with Gasteiger partial charge in [-0.3, -0.25) is 0 Å². The van der Waals surface area contributed by atoms with Gasteiger partial charge in [0.1, 0.15) is 39.6 Å². The maximum atomic E-state index is 6.06. The predicted octanol–water partition coefficient (Wildman–Crippen LogP) is 3.94. The molecule has 0 amide bonds. The second-order valence-corrected chi connectivity index (χ2v) is 6.36. The van der Waals surface area contributed by atoms with Gasteiger partial charge in [-0.05, 0) is 0 Å². The zero-order chi connectivity index (χ0) is 21.8. The fourth-order valence-corrected chi connectivity index (χ4v) is 2.40. The van der Waals surface area contributed by atoms with Crippen LogP contribution in [-0.2, 0) is 33.2 Å². The highest BCUT2D eigenvalue weighted by atomic mass is 16.5. The second-order valence-electron chi connectivity index (χ2n) is 6.36. The summed E-state index contributed by atoms with van der Waals surface area (Å²) < 4.78 is 38.5. The third-order valence-electron chi connectivity index (χ3n) is 3.86. The van der Waals surface area contributed by atoms with Crippen LogP contribution in [0.1, 0.15) is 0 Å². The highest BCUT2D eigenvalue weighted by Gasteiger charge is 2.38. The van der Waals surface area contributed by atoms with E-state index in [1.54, 1.807) is 0 Å². The molecule has 29 heavy (non-hydrogen) atoms. The minimum absolute atomic E-state index is 0.251. The minimum atomic E-state index is -0.625. The zero-order valence-electron chi connectivity index (χ0n) is 17.2. The monoisotopic (exact) mass is 410 g/mol. The first-order valence-corrected chi connectivity index (χ1v) is 9.00. The summed E-state index contributed by atoms with van der Waals surface area (Å²) in [5.74, 6) is 0. The Labute approximate surface area is 174 Å². The summed E-state index contributed by atoms with van der Waals surface area (Å²) >= 11 is 0. The summed E-state index contributed by atoms with van der Waals surface area (Å²) in [6.07, 6.45) is 8.13. The summed E-state index contributed by atoms with van der Waals surface area (Å²) in [4.78, 5) is 0. The quantitative estimate of drug-likeness (QED) is 0.251. The van der Waals surface area contributed by atoms with Gasteiger partial charge in [0.05, 0.1) is 61.6 Å². The lowest BCUT2D eigenvalue weighted by atomic mass is 9.90. The lowest BCUT2D eigenvalue weighted by Crippen LogP contribution is -2.44. The molecule has 0 spiro atoms. The maximum absolute atomic E-state index is 6.06. The summed E-state index contributed by atoms with van der Waals surface area (Å²) in [6, 6.07) is 0. The molecule has 0 aromatic rings. The van der Waals surface area contributed by atoms with Crippen molar-refractivity contribution in [1.82, 2.24) is 0 Å². The summed E-state index contributed by atoms with van der Waals surface area (Å²) in [5, 5.41) is 0. The van der Waals surface area contributed by atoms with Crippen molar-refractivity contribution >= 4 is 0 Å². The molecule has 0 aromatic carbocycles. The molecule has 7 heteroatoms. The predicted molar refractivity (Wildman–Crippen MR) is 113 cm³/mol. The van der Waals surface area contributed by atoms with Gasteiger partial charge in [0, 0.05) is 0 Å². The van der Waals surface area contributed by atoms with Crippen LogP contribution >= 0.6 is 0 Å². The Morgan fingerprint density at radius 3 is 0.759 bits per heavy atom. The van der Waals surface area contributed by atoms with Crippen molar-refractivity contribution in [1.29, 1.82) is 0 Å². The largest absolute Gasteiger partial charge is 0.501 e. The molecular weight excluding hydrogens is 376 g/mol. The zero-order valence-corrected chi connectivity index (χ0v) is 17.2. The molecule has 0 heterocycles. The van der Waals surface area contributed by atoms with E-state index in [2.05, 4.69) is 39.5 Å². The Morgan fingerprint density at radius 2 is 0.586 bits per heavy atom. The van der Waals surface area contributed by atoms with E-state index < -0.39 is 10.8 Å². The molecule has 0 fully saturated rings. The first-order valence-electron chi connectivity index (χ1n) is 9.00. The molecule has 0 saturated heterocycles. The first kappa shape index (κ1) is 26.2. The Hall–Kier alpha value is -2.80. The smallest absolute Gasteiger partial charge is 0.102 e. The summed E-state index contributed by atoms with van der Waals surface area (Å²) in [7, 11) is 0. The highest BCUT2D eigenvalue weighted by molar-refractivity contribution is 4.85. The van der Waals surface area contributed by atoms with Gasteiger partial charge in [0.2, 0.25) is 0 Å². The highest BCUT2D eigenvalue weighted by Crippen LogP contribution is 2.25. The van der Waals surface area contributed by atoms with Gasteiger partial charge in [-0.2, -0.15) is 0 Å². The Balaban J connectivity index is 5.34. The Bertz CT molecular complexity index is 395. The minimum Gasteiger partial charge on any atom is -0.501 e. The molecule has 0 atom stereocenters. The van der Waals surface area contributed by atoms with Gasteiger partial charge < -0.3 is 33.2 Å². The normalized spacial score (nSPS) is 10.8. The van der Waals surface area contributed by atoms with Crippen molar-refractivity contribution in [2.45, 2.75) is 0 Å². The van der Waals surface area contributed by atoms with Crippen molar-refractivity contribution in [2.75, 3.05) is 52.9 Å². The van der Waals surface area contributed by atoms with Crippen LogP contribution in [0.5, 0.6) is 0 Å². The molecule has 0 saturated carbocycles. The van der Waals surface area contributed by atoms with Crippen molar-refractivity contribution in [3.05, 3.63) is 77.0 Å². The van der Waals surface area contributed by atoms with Crippen molar-refractivity contribution < 1.29 is 33.2 Å². The van der Waals surface area contributed by atoms with Crippen LogP contribution in [0.2, 0.25) is 0 Å². The number of rotatable bonds is 22. The molecule has 0 aromatic heterocycles. The van der Waals surface area contributed by atoms with Crippen LogP contribution in [0.15, 0.2) is 77.0 Å². The van der Waals surface area contributed by atoms with E-state index in [4.69, 9.17) is 33.2 Å². The molecule has 0 radical (unpaired) electrons. The van der Waals surface area contributed by atoms with Crippen molar-refractivity contribution in [3.63, 3.8) is 0 Å². The van der Waals surface area contributed by atoms with E-state index in [1.165, 1.54) is 37.6 Å². The SMILES string of the molecule is C=COCC(COC=C)(COC=C)COCC(COC=C)(COC=C)COC=C. The Morgan fingerprint density at radius 1 is 0.379 bits per heavy atom. The number of hydrogen-bond acceptors (Lipinski definition) is 7. The lowest BCUT2D eigenvalue weighted by Gasteiger charge is -2.35. The summed E-state index contributed by atoms with van der Waals surface area (Å²) in [6.45, 7) is 23.6. The fraction of sp³-hybridized carbons (Fsp3) is 0.455. The van der Waals surface area contributed by atoms with Gasteiger partial charge in [-0.1, -0.05) is 39.5 Å². The Kier molecular flexibility index (Phi) is 14.6. The topological polar surface area (TPSA) is 64.6 Å². The van der Waals surface area contributed by atoms with Crippen LogP contribution in [0.25, 0.3) is 0 Å². The average molecular weight is 411 g/mol. The molecule has 0 aliphatic carbocycles. The van der Waals surface area contributed by atoms with Gasteiger partial charge in [0.25, 0.3) is 0 Å². The van der Waals surface area contributed by atoms with E-state index in [0.717, 1.165) is 0 Å². The molecule has 0 aliphatic heterocycles. The molecule has 7 nitrogen and oxygen atoms in total. The summed E-state index contributed by atoms with van der Waals surface area (Å²) in [5.41, 5.74) is -1.25. The third-order valence-corrected chi connectivity index (χ3v) is 3.86. The molecular formula is C22H34O7. The van der Waals surface area contributed by atoms with E-state index in [1.807, 2.05) is 0 Å². The van der Waals surface area contributed by atoms with E-state index in [-0.39, 0.29) is 52.9 Å². The van der Waals surface area contributed by atoms with Gasteiger partial charge in [-0.15, -0.1) is 0 Å². The molecule has 0 unspecified atom stereocenters. The van der Waals surface area contributed by atoms with Crippen LogP contribution in [0.4, 0.5) is 0 Å². The van der Waals surface area contributed by atoms with E-state index in [9.17, 15) is 0 Å². The molecule has 0 N–H and O–H groups in total. The van der Waals surface area contributed by atoms with Crippen LogP contribution < -0.4 is 0 Å². The lowest BCUT2D eigenvalue weighted by molar-refractivity contribution is -0.109. The fourth-order valence-electron chi connectivity index (χ4n) is 2.40. The van der Waals surface area contributed by atoms with Gasteiger partial charge >= 0.3 is 0 Å². The van der Waals surface area contributed by atoms with E-state index >= 15 is 0 Å². The van der Waals surface area contributed by atoms with Crippen molar-refractivity contribution in [3.8, 4) is 0 Å². The van der Waals surface area contributed by atoms with Crippen LogP contribution in [0, 0.1) is 10.8 Å². The van der Waals surface area contributed by atoms with Crippen LogP contribution in [-0.4, -0.2) is 52.9 Å². The standard InChI is InChI=1S/C22H34O7/c1-7-23-13-21(14-24-8-2,15-25-9-3)19-29-20-22(16-26-10-4,17-27-11-5)18-28-12-6/h7-12H,1-6,13-20H2. The van der Waals surface area contributed by atoms with Crippen molar-refractivity contribution in [2.24, 2.45) is 10.8 Å². The average Bonchev–Trinajstić information content (AvgIpc) is 2.75. The van der Waals surface area contributed by atoms with Crippen LogP contribution in [0.3, 0.4) is 0 Å². The molecule has 164 valence electrons. The number of hydrogen-bond donors (Lipinski definition) is 0. The maximum Gasteiger partial charge on any atom is 0.102 e. The first-order chi connectivity index (χ1) is 14.1. The molecule has 0 bridgehead atoms. The molecule has 0 aliphatic rings. The second kappa shape index (κ2) is 16.2. The van der Waals surface area contributed by atoms with E-state index in [0.29, 0.717) is 0 Å². The van der Waals surface area contributed by atoms with Gasteiger partial charge in [0.15, 0.2) is 0 Å². The third kappa shape index (κ3) is 10.9. The number of ether oxygens (including phenoxy) is 7. The molecule has 0 rings (SSSR count).